The van der Waals surface area contributed by atoms with Crippen molar-refractivity contribution in [2.75, 3.05) is 14.2 Å². The molecule has 1 N–H and O–H groups in total. The molecular weight excluding hydrogens is 283 g/mol. The zero-order valence-electron chi connectivity index (χ0n) is 11.1. The van der Waals surface area contributed by atoms with Gasteiger partial charge in [-0.15, -0.1) is 0 Å². The molecule has 2 rings (SSSR count). The number of ether oxygens (including phenoxy) is 2. The minimum Gasteiger partial charge on any atom is -0.497 e. The lowest BCUT2D eigenvalue weighted by Gasteiger charge is -2.16. The molecule has 0 spiro atoms. The summed E-state index contributed by atoms with van der Waals surface area (Å²) in [5.74, 6) is 0.448. The molecule has 0 radical (unpaired) electrons. The van der Waals surface area contributed by atoms with Crippen molar-refractivity contribution >= 4 is 11.6 Å². The molecule has 0 saturated heterocycles. The van der Waals surface area contributed by atoms with Crippen LogP contribution < -0.4 is 9.47 Å². The predicted octanol–water partition coefficient (Wildman–Crippen LogP) is 3.58. The SMILES string of the molecule is COc1cc(OC)cc(C(O)c2c(F)cccc2Cl)c1. The zero-order valence-corrected chi connectivity index (χ0v) is 11.8. The molecule has 0 fully saturated rings. The molecular formula is C15H14ClFO3. The first-order chi connectivity index (χ1) is 9.56. The lowest BCUT2D eigenvalue weighted by Crippen LogP contribution is -2.04. The molecule has 2 aromatic rings. The molecule has 0 bridgehead atoms. The second-order valence-corrected chi connectivity index (χ2v) is 4.59. The molecule has 0 amide bonds. The lowest BCUT2D eigenvalue weighted by molar-refractivity contribution is 0.214. The van der Waals surface area contributed by atoms with Crippen LogP contribution in [-0.4, -0.2) is 19.3 Å². The number of methoxy groups -OCH3 is 2. The second kappa shape index (κ2) is 6.11. The van der Waals surface area contributed by atoms with Gasteiger partial charge in [0.1, 0.15) is 23.4 Å². The highest BCUT2D eigenvalue weighted by molar-refractivity contribution is 6.31. The van der Waals surface area contributed by atoms with E-state index in [4.69, 9.17) is 21.1 Å². The van der Waals surface area contributed by atoms with Crippen molar-refractivity contribution in [1.29, 1.82) is 0 Å². The molecule has 20 heavy (non-hydrogen) atoms. The van der Waals surface area contributed by atoms with E-state index < -0.39 is 11.9 Å². The first-order valence-corrected chi connectivity index (χ1v) is 6.29. The molecule has 3 nitrogen and oxygen atoms in total. The lowest BCUT2D eigenvalue weighted by atomic mass is 10.0. The Morgan fingerprint density at radius 3 is 2.20 bits per heavy atom. The summed E-state index contributed by atoms with van der Waals surface area (Å²) in [5, 5.41) is 10.5. The molecule has 0 aliphatic heterocycles. The standard InChI is InChI=1S/C15H14ClFO3/c1-19-10-6-9(7-11(8-10)20-2)15(18)14-12(16)4-3-5-13(14)17/h3-8,15,18H,1-2H3. The molecule has 0 heterocycles. The summed E-state index contributed by atoms with van der Waals surface area (Å²) in [7, 11) is 3.00. The van der Waals surface area contributed by atoms with E-state index in [0.717, 1.165) is 0 Å². The Kier molecular flexibility index (Phi) is 4.47. The van der Waals surface area contributed by atoms with Gasteiger partial charge in [-0.2, -0.15) is 0 Å². The second-order valence-electron chi connectivity index (χ2n) is 4.18. The van der Waals surface area contributed by atoms with Crippen molar-refractivity contribution in [3.05, 3.63) is 58.4 Å². The van der Waals surface area contributed by atoms with Gasteiger partial charge in [0.15, 0.2) is 0 Å². The van der Waals surface area contributed by atoms with Gasteiger partial charge in [-0.3, -0.25) is 0 Å². The number of aliphatic hydroxyl groups is 1. The summed E-state index contributed by atoms with van der Waals surface area (Å²) in [6.45, 7) is 0. The van der Waals surface area contributed by atoms with Crippen molar-refractivity contribution in [3.8, 4) is 11.5 Å². The highest BCUT2D eigenvalue weighted by atomic mass is 35.5. The molecule has 5 heteroatoms. The summed E-state index contributed by atoms with van der Waals surface area (Å²) in [4.78, 5) is 0. The highest BCUT2D eigenvalue weighted by Crippen LogP contribution is 2.34. The molecule has 2 aromatic carbocycles. The van der Waals surface area contributed by atoms with Gasteiger partial charge in [0.2, 0.25) is 0 Å². The van der Waals surface area contributed by atoms with Crippen LogP contribution in [-0.2, 0) is 0 Å². The van der Waals surface area contributed by atoms with Crippen molar-refractivity contribution in [1.82, 2.24) is 0 Å². The summed E-state index contributed by atoms with van der Waals surface area (Å²) in [5.41, 5.74) is 0.470. The minimum absolute atomic E-state index is 0.0319. The summed E-state index contributed by atoms with van der Waals surface area (Å²) in [6, 6.07) is 9.15. The molecule has 0 aromatic heterocycles. The third-order valence-electron chi connectivity index (χ3n) is 2.96. The number of hydrogen-bond acceptors (Lipinski definition) is 3. The van der Waals surface area contributed by atoms with Gasteiger partial charge >= 0.3 is 0 Å². The van der Waals surface area contributed by atoms with Gasteiger partial charge in [-0.05, 0) is 29.8 Å². The van der Waals surface area contributed by atoms with Crippen LogP contribution in [0, 0.1) is 5.82 Å². The Morgan fingerprint density at radius 2 is 1.70 bits per heavy atom. The summed E-state index contributed by atoms with van der Waals surface area (Å²) >= 11 is 5.96. The summed E-state index contributed by atoms with van der Waals surface area (Å²) < 4.78 is 24.1. The molecule has 0 saturated carbocycles. The largest absolute Gasteiger partial charge is 0.497 e. The van der Waals surface area contributed by atoms with E-state index in [9.17, 15) is 9.50 Å². The van der Waals surface area contributed by atoms with Crippen LogP contribution in [0.1, 0.15) is 17.2 Å². The topological polar surface area (TPSA) is 38.7 Å². The molecule has 0 aliphatic carbocycles. The highest BCUT2D eigenvalue weighted by Gasteiger charge is 2.19. The minimum atomic E-state index is -1.20. The van der Waals surface area contributed by atoms with Crippen LogP contribution in [0.25, 0.3) is 0 Å². The van der Waals surface area contributed by atoms with Crippen molar-refractivity contribution in [3.63, 3.8) is 0 Å². The van der Waals surface area contributed by atoms with Crippen LogP contribution in [0.4, 0.5) is 4.39 Å². The van der Waals surface area contributed by atoms with Crippen molar-refractivity contribution in [2.45, 2.75) is 6.10 Å². The van der Waals surface area contributed by atoms with Crippen LogP contribution in [0.15, 0.2) is 36.4 Å². The molecule has 106 valence electrons. The number of aliphatic hydroxyl groups excluding tert-OH is 1. The fourth-order valence-electron chi connectivity index (χ4n) is 1.93. The Labute approximate surface area is 121 Å². The molecule has 1 unspecified atom stereocenters. The van der Waals surface area contributed by atoms with E-state index in [-0.39, 0.29) is 10.6 Å². The molecule has 1 atom stereocenters. The third-order valence-corrected chi connectivity index (χ3v) is 3.29. The number of hydrogen-bond donors (Lipinski definition) is 1. The van der Waals surface area contributed by atoms with E-state index in [2.05, 4.69) is 0 Å². The van der Waals surface area contributed by atoms with Crippen LogP contribution >= 0.6 is 11.6 Å². The average Bonchev–Trinajstić information content (AvgIpc) is 2.46. The van der Waals surface area contributed by atoms with Crippen LogP contribution in [0.5, 0.6) is 11.5 Å². The fourth-order valence-corrected chi connectivity index (χ4v) is 2.19. The van der Waals surface area contributed by atoms with Gasteiger partial charge in [-0.25, -0.2) is 4.39 Å². The maximum atomic E-state index is 13.8. The fraction of sp³-hybridized carbons (Fsp3) is 0.200. The van der Waals surface area contributed by atoms with Crippen molar-refractivity contribution < 1.29 is 19.0 Å². The normalized spacial score (nSPS) is 12.1. The molecule has 0 aliphatic rings. The Balaban J connectivity index is 2.50. The van der Waals surface area contributed by atoms with Gasteiger partial charge in [-0.1, -0.05) is 17.7 Å². The van der Waals surface area contributed by atoms with Gasteiger partial charge in [0.05, 0.1) is 14.2 Å². The van der Waals surface area contributed by atoms with Gasteiger partial charge in [0.25, 0.3) is 0 Å². The van der Waals surface area contributed by atoms with Gasteiger partial charge < -0.3 is 14.6 Å². The Morgan fingerprint density at radius 1 is 1.10 bits per heavy atom. The van der Waals surface area contributed by atoms with Crippen LogP contribution in [0.3, 0.4) is 0 Å². The zero-order chi connectivity index (χ0) is 14.7. The van der Waals surface area contributed by atoms with E-state index in [1.807, 2.05) is 0 Å². The maximum absolute atomic E-state index is 13.8. The first kappa shape index (κ1) is 14.6. The quantitative estimate of drug-likeness (QED) is 0.937. The average molecular weight is 297 g/mol. The Hall–Kier alpha value is -1.78. The van der Waals surface area contributed by atoms with Gasteiger partial charge in [0, 0.05) is 16.7 Å². The predicted molar refractivity (Wildman–Crippen MR) is 75.0 cm³/mol. The van der Waals surface area contributed by atoms with E-state index in [1.54, 1.807) is 18.2 Å². The summed E-state index contributed by atoms with van der Waals surface area (Å²) in [6.07, 6.45) is -1.20. The maximum Gasteiger partial charge on any atom is 0.130 e. The van der Waals surface area contributed by atoms with E-state index in [1.165, 1.54) is 32.4 Å². The van der Waals surface area contributed by atoms with E-state index in [0.29, 0.717) is 17.1 Å². The monoisotopic (exact) mass is 296 g/mol. The third kappa shape index (κ3) is 2.86. The number of halogens is 2. The smallest absolute Gasteiger partial charge is 0.130 e. The number of rotatable bonds is 4. The van der Waals surface area contributed by atoms with Crippen LogP contribution in [0.2, 0.25) is 5.02 Å². The van der Waals surface area contributed by atoms with E-state index >= 15 is 0 Å². The number of benzene rings is 2. The van der Waals surface area contributed by atoms with Crippen molar-refractivity contribution in [2.24, 2.45) is 0 Å². The first-order valence-electron chi connectivity index (χ1n) is 5.91. The Bertz CT molecular complexity index is 574.